The van der Waals surface area contributed by atoms with Crippen molar-refractivity contribution >= 4 is 17.2 Å². The molecule has 3 aromatic rings. The average molecular weight is 400 g/mol. The second-order valence-electron chi connectivity index (χ2n) is 6.18. The van der Waals surface area contributed by atoms with Crippen molar-refractivity contribution in [3.8, 4) is 16.6 Å². The molecule has 1 N–H and O–H groups in total. The Hall–Kier alpha value is -2.91. The lowest BCUT2D eigenvalue weighted by molar-refractivity contribution is -0.0172. The molecule has 0 unspecified atom stereocenters. The third kappa shape index (κ3) is 3.85. The number of nitrogens with zero attached hydrogens (tertiary/aromatic N) is 3. The summed E-state index contributed by atoms with van der Waals surface area (Å²) in [4.78, 5) is 25.8. The van der Waals surface area contributed by atoms with Crippen LogP contribution in [-0.2, 0) is 17.8 Å². The molecule has 7 nitrogen and oxygen atoms in total. The largest absolute Gasteiger partial charge is 0.467 e. The van der Waals surface area contributed by atoms with E-state index in [9.17, 15) is 9.18 Å². The summed E-state index contributed by atoms with van der Waals surface area (Å²) in [5.74, 6) is 0.548. The van der Waals surface area contributed by atoms with Gasteiger partial charge in [0.25, 0.3) is 5.91 Å². The van der Waals surface area contributed by atoms with Gasteiger partial charge in [-0.3, -0.25) is 4.79 Å². The van der Waals surface area contributed by atoms with Crippen LogP contribution in [0.3, 0.4) is 0 Å². The predicted octanol–water partition coefficient (Wildman–Crippen LogP) is 2.89. The number of nitrogens with one attached hydrogen (secondary N) is 1. The zero-order valence-electron chi connectivity index (χ0n) is 15.1. The Morgan fingerprint density at radius 2 is 2.14 bits per heavy atom. The van der Waals surface area contributed by atoms with E-state index < -0.39 is 0 Å². The molecule has 1 aliphatic heterocycles. The van der Waals surface area contributed by atoms with E-state index in [0.717, 1.165) is 0 Å². The van der Waals surface area contributed by atoms with Crippen LogP contribution in [-0.4, -0.2) is 34.2 Å². The number of hydrogen-bond donors (Lipinski definition) is 1. The molecule has 1 aromatic carbocycles. The quantitative estimate of drug-likeness (QED) is 0.709. The molecular weight excluding hydrogens is 383 g/mol. The molecule has 0 spiro atoms. The van der Waals surface area contributed by atoms with Gasteiger partial charge in [-0.25, -0.2) is 19.3 Å². The number of amides is 1. The van der Waals surface area contributed by atoms with E-state index in [4.69, 9.17) is 9.47 Å². The smallest absolute Gasteiger partial charge is 0.263 e. The molecule has 28 heavy (non-hydrogen) atoms. The lowest BCUT2D eigenvalue weighted by Crippen LogP contribution is -2.26. The number of fused-ring (bicyclic) bond motifs is 1. The second kappa shape index (κ2) is 7.99. The fourth-order valence-electron chi connectivity index (χ4n) is 2.95. The number of halogens is 1. The Labute approximate surface area is 164 Å². The Bertz CT molecular complexity index is 1010. The van der Waals surface area contributed by atoms with E-state index in [1.54, 1.807) is 25.4 Å². The second-order valence-corrected chi connectivity index (χ2v) is 7.17. The highest BCUT2D eigenvalue weighted by molar-refractivity contribution is 7.17. The molecule has 0 bridgehead atoms. The van der Waals surface area contributed by atoms with E-state index in [0.29, 0.717) is 57.9 Å². The lowest BCUT2D eigenvalue weighted by atomic mass is 10.1. The van der Waals surface area contributed by atoms with Crippen LogP contribution in [0.1, 0.15) is 26.5 Å². The number of aryl methyl sites for hydroxylation is 1. The summed E-state index contributed by atoms with van der Waals surface area (Å²) < 4.78 is 24.5. The van der Waals surface area contributed by atoms with Crippen molar-refractivity contribution in [1.82, 2.24) is 20.3 Å². The summed E-state index contributed by atoms with van der Waals surface area (Å²) in [6.45, 7) is 2.57. The highest BCUT2D eigenvalue weighted by Gasteiger charge is 2.19. The summed E-state index contributed by atoms with van der Waals surface area (Å²) in [5, 5.41) is 3.45. The first-order valence-electron chi connectivity index (χ1n) is 8.66. The van der Waals surface area contributed by atoms with E-state index in [2.05, 4.69) is 20.3 Å². The maximum atomic E-state index is 13.8. The van der Waals surface area contributed by atoms with Crippen LogP contribution in [0.25, 0.3) is 10.8 Å². The van der Waals surface area contributed by atoms with Crippen molar-refractivity contribution in [2.24, 2.45) is 0 Å². The van der Waals surface area contributed by atoms with Gasteiger partial charge in [0.15, 0.2) is 17.6 Å². The zero-order chi connectivity index (χ0) is 19.5. The first-order valence-corrected chi connectivity index (χ1v) is 9.48. The van der Waals surface area contributed by atoms with E-state index in [-0.39, 0.29) is 18.5 Å². The fourth-order valence-corrected chi connectivity index (χ4v) is 3.88. The van der Waals surface area contributed by atoms with Gasteiger partial charge in [0, 0.05) is 24.5 Å². The first-order chi connectivity index (χ1) is 13.6. The molecule has 0 saturated heterocycles. The van der Waals surface area contributed by atoms with E-state index >= 15 is 0 Å². The molecule has 1 aliphatic rings. The monoisotopic (exact) mass is 400 g/mol. The number of carbonyl (C=O) groups excluding carboxylic acids is 1. The first kappa shape index (κ1) is 18.5. The molecule has 0 saturated carbocycles. The van der Waals surface area contributed by atoms with Gasteiger partial charge in [-0.1, -0.05) is 0 Å². The molecule has 1 amide bonds. The Morgan fingerprint density at radius 3 is 2.96 bits per heavy atom. The topological polar surface area (TPSA) is 86.2 Å². The molecule has 2 aromatic heterocycles. The van der Waals surface area contributed by atoms with E-state index in [1.807, 2.05) is 0 Å². The van der Waals surface area contributed by atoms with Crippen LogP contribution in [0.5, 0.6) is 5.75 Å². The van der Waals surface area contributed by atoms with Crippen LogP contribution < -0.4 is 10.1 Å². The van der Waals surface area contributed by atoms with Gasteiger partial charge in [0.2, 0.25) is 0 Å². The Morgan fingerprint density at radius 1 is 1.32 bits per heavy atom. The number of hydrogen-bond acceptors (Lipinski definition) is 7. The van der Waals surface area contributed by atoms with Gasteiger partial charge in [-0.15, -0.1) is 11.3 Å². The predicted molar refractivity (Wildman–Crippen MR) is 101 cm³/mol. The standard InChI is InChI=1S/C19H17FN4O3S/c1-11-16(28-19(24-11)17-21-4-2-5-22-17)18(25)23-6-3-12-7-14(20)8-13-9-26-10-27-15(12)13/h2,4-5,7-8H,3,6,9-10H2,1H3,(H,23,25). The number of thiazole rings is 1. The number of ether oxygens (including phenoxy) is 2. The highest BCUT2D eigenvalue weighted by atomic mass is 32.1. The molecule has 0 aliphatic carbocycles. The highest BCUT2D eigenvalue weighted by Crippen LogP contribution is 2.30. The molecule has 0 radical (unpaired) electrons. The fraction of sp³-hybridized carbons (Fsp3) is 0.263. The lowest BCUT2D eigenvalue weighted by Gasteiger charge is -2.20. The van der Waals surface area contributed by atoms with Gasteiger partial charge in [0.05, 0.1) is 12.3 Å². The van der Waals surface area contributed by atoms with Crippen molar-refractivity contribution in [2.45, 2.75) is 20.0 Å². The SMILES string of the molecule is Cc1nc(-c2ncccn2)sc1C(=O)NCCc1cc(F)cc2c1OCOC2. The van der Waals surface area contributed by atoms with Crippen LogP contribution in [0.15, 0.2) is 30.6 Å². The van der Waals surface area contributed by atoms with Crippen molar-refractivity contribution in [1.29, 1.82) is 0 Å². The average Bonchev–Trinajstić information content (AvgIpc) is 3.10. The van der Waals surface area contributed by atoms with Gasteiger partial charge < -0.3 is 14.8 Å². The third-order valence-electron chi connectivity index (χ3n) is 4.19. The molecule has 4 rings (SSSR count). The van der Waals surface area contributed by atoms with Crippen molar-refractivity contribution in [2.75, 3.05) is 13.3 Å². The number of carbonyl (C=O) groups is 1. The number of benzene rings is 1. The van der Waals surface area contributed by atoms with Crippen molar-refractivity contribution in [3.05, 3.63) is 58.1 Å². The number of rotatable bonds is 5. The molecule has 9 heteroatoms. The Kier molecular flexibility index (Phi) is 5.27. The Balaban J connectivity index is 1.43. The summed E-state index contributed by atoms with van der Waals surface area (Å²) in [7, 11) is 0. The minimum atomic E-state index is -0.347. The third-order valence-corrected chi connectivity index (χ3v) is 5.34. The normalized spacial score (nSPS) is 12.9. The molecule has 0 atom stereocenters. The van der Waals surface area contributed by atoms with Gasteiger partial charge in [-0.2, -0.15) is 0 Å². The maximum absolute atomic E-state index is 13.8. The number of aromatic nitrogens is 3. The summed E-state index contributed by atoms with van der Waals surface area (Å²) in [6.07, 6.45) is 3.70. The van der Waals surface area contributed by atoms with Crippen LogP contribution in [0, 0.1) is 12.7 Å². The maximum Gasteiger partial charge on any atom is 0.263 e. The minimum absolute atomic E-state index is 0.141. The molecule has 144 valence electrons. The van der Waals surface area contributed by atoms with Crippen LogP contribution >= 0.6 is 11.3 Å². The molecule has 0 fully saturated rings. The summed E-state index contributed by atoms with van der Waals surface area (Å²) in [6, 6.07) is 4.56. The van der Waals surface area contributed by atoms with Gasteiger partial charge >= 0.3 is 0 Å². The van der Waals surface area contributed by atoms with Gasteiger partial charge in [0.1, 0.15) is 16.4 Å². The van der Waals surface area contributed by atoms with E-state index in [1.165, 1.54) is 23.5 Å². The summed E-state index contributed by atoms with van der Waals surface area (Å²) in [5.41, 5.74) is 2.00. The molecule has 3 heterocycles. The van der Waals surface area contributed by atoms with Crippen LogP contribution in [0.4, 0.5) is 4.39 Å². The van der Waals surface area contributed by atoms with Crippen molar-refractivity contribution in [3.63, 3.8) is 0 Å². The molecular formula is C19H17FN4O3S. The minimum Gasteiger partial charge on any atom is -0.467 e. The van der Waals surface area contributed by atoms with Crippen molar-refractivity contribution < 1.29 is 18.7 Å². The van der Waals surface area contributed by atoms with Gasteiger partial charge in [-0.05, 0) is 37.1 Å². The summed E-state index contributed by atoms with van der Waals surface area (Å²) >= 11 is 1.24. The zero-order valence-corrected chi connectivity index (χ0v) is 15.9. The van der Waals surface area contributed by atoms with Crippen LogP contribution in [0.2, 0.25) is 0 Å².